The minimum atomic E-state index is -0.0354. The normalized spacial score (nSPS) is 18.6. The maximum atomic E-state index is 11.7. The first-order chi connectivity index (χ1) is 9.58. The van der Waals surface area contributed by atoms with Gasteiger partial charge in [-0.25, -0.2) is 9.67 Å². The molecule has 1 aliphatic rings. The molecular weight excluding hydrogens is 274 g/mol. The van der Waals surface area contributed by atoms with Crippen LogP contribution in [-0.2, 0) is 6.42 Å². The predicted molar refractivity (Wildman–Crippen MR) is 79.9 cm³/mol. The zero-order valence-electron chi connectivity index (χ0n) is 11.8. The van der Waals surface area contributed by atoms with E-state index in [-0.39, 0.29) is 11.8 Å². The number of nitrogens with zero attached hydrogens (tertiary/aromatic N) is 3. The number of carbonyl (C=O) groups excluding carboxylic acids is 1. The highest BCUT2D eigenvalue weighted by Gasteiger charge is 2.29. The number of hydrogen-bond acceptors (Lipinski definition) is 3. The van der Waals surface area contributed by atoms with Gasteiger partial charge in [0.1, 0.15) is 5.82 Å². The topological polar surface area (TPSA) is 47.8 Å². The summed E-state index contributed by atoms with van der Waals surface area (Å²) < 4.78 is 1.79. The number of ketones is 1. The molecular formula is C15H18ClN3O. The first-order valence-corrected chi connectivity index (χ1v) is 7.12. The first kappa shape index (κ1) is 14.7. The Morgan fingerprint density at radius 3 is 3.00 bits per heavy atom. The van der Waals surface area contributed by atoms with Crippen LogP contribution in [0.5, 0.6) is 0 Å². The summed E-state index contributed by atoms with van der Waals surface area (Å²) in [4.78, 5) is 16.0. The SMILES string of the molecule is C=C(/C(Cl)=C\C=C/C)[C@@H]1CCc2nc(C(=O)CC)nn21. The minimum Gasteiger partial charge on any atom is -0.291 e. The Morgan fingerprint density at radius 1 is 1.60 bits per heavy atom. The van der Waals surface area contributed by atoms with Gasteiger partial charge in [0.25, 0.3) is 0 Å². The quantitative estimate of drug-likeness (QED) is 0.615. The van der Waals surface area contributed by atoms with Crippen molar-refractivity contribution in [2.75, 3.05) is 0 Å². The summed E-state index contributed by atoms with van der Waals surface area (Å²) >= 11 is 6.24. The van der Waals surface area contributed by atoms with E-state index in [4.69, 9.17) is 11.6 Å². The monoisotopic (exact) mass is 291 g/mol. The van der Waals surface area contributed by atoms with Gasteiger partial charge in [0.15, 0.2) is 0 Å². The number of hydrogen-bond donors (Lipinski definition) is 0. The average Bonchev–Trinajstić information content (AvgIpc) is 3.02. The molecule has 2 heterocycles. The largest absolute Gasteiger partial charge is 0.291 e. The minimum absolute atomic E-state index is 0.00934. The summed E-state index contributed by atoms with van der Waals surface area (Å²) in [5.74, 6) is 1.10. The number of rotatable bonds is 5. The maximum Gasteiger partial charge on any atom is 0.217 e. The molecule has 1 aliphatic heterocycles. The Hall–Kier alpha value is -1.68. The van der Waals surface area contributed by atoms with Crippen molar-refractivity contribution >= 4 is 17.4 Å². The van der Waals surface area contributed by atoms with Crippen LogP contribution >= 0.6 is 11.6 Å². The third-order valence-corrected chi connectivity index (χ3v) is 3.72. The molecule has 5 heteroatoms. The van der Waals surface area contributed by atoms with Crippen molar-refractivity contribution in [1.82, 2.24) is 14.8 Å². The number of carbonyl (C=O) groups is 1. The first-order valence-electron chi connectivity index (χ1n) is 6.74. The van der Waals surface area contributed by atoms with E-state index in [9.17, 15) is 4.79 Å². The number of fused-ring (bicyclic) bond motifs is 1. The molecule has 106 valence electrons. The summed E-state index contributed by atoms with van der Waals surface area (Å²) in [6.07, 6.45) is 7.67. The van der Waals surface area contributed by atoms with Crippen LogP contribution in [0.2, 0.25) is 0 Å². The molecule has 20 heavy (non-hydrogen) atoms. The highest BCUT2D eigenvalue weighted by Crippen LogP contribution is 2.34. The number of aryl methyl sites for hydroxylation is 1. The highest BCUT2D eigenvalue weighted by atomic mass is 35.5. The Labute approximate surface area is 123 Å². The van der Waals surface area contributed by atoms with Gasteiger partial charge in [0.2, 0.25) is 11.6 Å². The molecule has 0 saturated carbocycles. The summed E-state index contributed by atoms with van der Waals surface area (Å²) in [6.45, 7) is 7.79. The van der Waals surface area contributed by atoms with E-state index >= 15 is 0 Å². The molecule has 1 aromatic rings. The van der Waals surface area contributed by atoms with E-state index in [0.29, 0.717) is 17.3 Å². The third-order valence-electron chi connectivity index (χ3n) is 3.35. The van der Waals surface area contributed by atoms with Crippen LogP contribution in [0.25, 0.3) is 0 Å². The molecule has 1 aromatic heterocycles. The van der Waals surface area contributed by atoms with Crippen molar-refractivity contribution in [2.45, 2.75) is 39.2 Å². The number of aromatic nitrogens is 3. The molecule has 0 saturated heterocycles. The van der Waals surface area contributed by atoms with Crippen LogP contribution < -0.4 is 0 Å². The molecule has 1 atom stereocenters. The molecule has 0 bridgehead atoms. The van der Waals surface area contributed by atoms with Gasteiger partial charge in [0.05, 0.1) is 6.04 Å². The fourth-order valence-corrected chi connectivity index (χ4v) is 2.41. The van der Waals surface area contributed by atoms with Gasteiger partial charge in [-0.1, -0.05) is 37.3 Å². The number of allylic oxidation sites excluding steroid dienone is 5. The van der Waals surface area contributed by atoms with Gasteiger partial charge < -0.3 is 0 Å². The maximum absolute atomic E-state index is 11.7. The van der Waals surface area contributed by atoms with Gasteiger partial charge in [-0.05, 0) is 25.0 Å². The van der Waals surface area contributed by atoms with Crippen molar-refractivity contribution in [2.24, 2.45) is 0 Å². The summed E-state index contributed by atoms with van der Waals surface area (Å²) in [7, 11) is 0. The van der Waals surface area contributed by atoms with E-state index in [1.54, 1.807) is 4.68 Å². The van der Waals surface area contributed by atoms with Gasteiger partial charge in [-0.15, -0.1) is 5.10 Å². The zero-order chi connectivity index (χ0) is 14.7. The van der Waals surface area contributed by atoms with Crippen molar-refractivity contribution in [3.8, 4) is 0 Å². The Morgan fingerprint density at radius 2 is 2.35 bits per heavy atom. The molecule has 0 N–H and O–H groups in total. The zero-order valence-corrected chi connectivity index (χ0v) is 12.5. The lowest BCUT2D eigenvalue weighted by molar-refractivity contribution is 0.0977. The van der Waals surface area contributed by atoms with E-state index in [1.165, 1.54) is 0 Å². The standard InChI is InChI=1S/C15H18ClN3O/c1-4-6-7-11(16)10(3)12-8-9-14-17-15(13(20)5-2)18-19(12)14/h4,6-7,12H,3,5,8-9H2,1-2H3/b6-4-,11-7+/t12-/m0/s1. The molecule has 0 unspecified atom stereocenters. The second-order valence-corrected chi connectivity index (χ2v) is 5.10. The number of halogens is 1. The van der Waals surface area contributed by atoms with Crippen molar-refractivity contribution in [3.05, 3.63) is 47.1 Å². The van der Waals surface area contributed by atoms with Gasteiger partial charge in [-0.3, -0.25) is 4.79 Å². The molecule has 0 aromatic carbocycles. The Balaban J connectivity index is 2.25. The second-order valence-electron chi connectivity index (χ2n) is 4.69. The molecule has 0 fully saturated rings. The van der Waals surface area contributed by atoms with E-state index in [1.807, 2.05) is 32.1 Å². The third kappa shape index (κ3) is 2.75. The molecule has 0 amide bonds. The summed E-state index contributed by atoms with van der Waals surface area (Å²) in [5, 5.41) is 4.93. The number of Topliss-reactive ketones (excluding diaryl/α,β-unsaturated/α-hetero) is 1. The Bertz CT molecular complexity index is 598. The van der Waals surface area contributed by atoms with Crippen molar-refractivity contribution in [1.29, 1.82) is 0 Å². The van der Waals surface area contributed by atoms with Crippen molar-refractivity contribution in [3.63, 3.8) is 0 Å². The van der Waals surface area contributed by atoms with E-state index in [0.717, 1.165) is 24.2 Å². The fourth-order valence-electron chi connectivity index (χ4n) is 2.21. The Kier molecular flexibility index (Phi) is 4.55. The second kappa shape index (κ2) is 6.18. The van der Waals surface area contributed by atoms with Crippen LogP contribution in [0.1, 0.15) is 49.2 Å². The predicted octanol–water partition coefficient (Wildman–Crippen LogP) is 3.61. The highest BCUT2D eigenvalue weighted by molar-refractivity contribution is 6.32. The molecule has 2 rings (SSSR count). The van der Waals surface area contributed by atoms with Gasteiger partial charge >= 0.3 is 0 Å². The molecule has 0 aliphatic carbocycles. The van der Waals surface area contributed by atoms with Gasteiger partial charge in [-0.2, -0.15) is 0 Å². The molecule has 4 nitrogen and oxygen atoms in total. The van der Waals surface area contributed by atoms with Crippen LogP contribution in [-0.4, -0.2) is 20.5 Å². The fraction of sp³-hybridized carbons (Fsp3) is 0.400. The van der Waals surface area contributed by atoms with Crippen LogP contribution in [0.3, 0.4) is 0 Å². The lowest BCUT2D eigenvalue weighted by Gasteiger charge is -2.13. The van der Waals surface area contributed by atoms with Crippen LogP contribution in [0, 0.1) is 0 Å². The lowest BCUT2D eigenvalue weighted by Crippen LogP contribution is -2.10. The summed E-state index contributed by atoms with van der Waals surface area (Å²) in [6, 6.07) is -0.00934. The molecule has 0 radical (unpaired) electrons. The van der Waals surface area contributed by atoms with Crippen molar-refractivity contribution < 1.29 is 4.79 Å². The van der Waals surface area contributed by atoms with E-state index < -0.39 is 0 Å². The van der Waals surface area contributed by atoms with Crippen LogP contribution in [0.15, 0.2) is 35.4 Å². The van der Waals surface area contributed by atoms with Crippen LogP contribution in [0.4, 0.5) is 0 Å². The van der Waals surface area contributed by atoms with Gasteiger partial charge in [0, 0.05) is 17.9 Å². The smallest absolute Gasteiger partial charge is 0.217 e. The van der Waals surface area contributed by atoms with E-state index in [2.05, 4.69) is 16.7 Å². The summed E-state index contributed by atoms with van der Waals surface area (Å²) in [5.41, 5.74) is 0.809. The lowest BCUT2D eigenvalue weighted by atomic mass is 10.1. The average molecular weight is 292 g/mol. The molecule has 0 spiro atoms.